The number of nitrogens with one attached hydrogen (secondary N) is 1. The number of primary sulfonamides is 1. The molecule has 4 rings (SSSR count). The summed E-state index contributed by atoms with van der Waals surface area (Å²) in [5.74, 6) is 0.642. The molecular weight excluding hydrogens is 410 g/mol. The predicted octanol–water partition coefficient (Wildman–Crippen LogP) is 3.53. The van der Waals surface area contributed by atoms with E-state index in [1.54, 1.807) is 18.2 Å². The highest BCUT2D eigenvalue weighted by Gasteiger charge is 2.18. The number of sulfonamides is 1. The van der Waals surface area contributed by atoms with Crippen LogP contribution in [0, 0.1) is 0 Å². The van der Waals surface area contributed by atoms with Crippen LogP contribution < -0.4 is 15.4 Å². The first-order valence-electron chi connectivity index (χ1n) is 9.46. The van der Waals surface area contributed by atoms with Gasteiger partial charge in [-0.3, -0.25) is 0 Å². The van der Waals surface area contributed by atoms with Crippen molar-refractivity contribution in [2.75, 3.05) is 23.3 Å². The van der Waals surface area contributed by atoms with E-state index in [4.69, 9.17) is 16.7 Å². The molecular formula is C20H22ClN5O2S. The van der Waals surface area contributed by atoms with Crippen LogP contribution in [0.5, 0.6) is 0 Å². The number of benzene rings is 2. The third-order valence-electron chi connectivity index (χ3n) is 5.12. The number of nitrogens with zero attached hydrogens (tertiary/aromatic N) is 3. The minimum absolute atomic E-state index is 0.102. The third-order valence-corrected chi connectivity index (χ3v) is 6.27. The first kappa shape index (κ1) is 19.9. The molecule has 3 N–H and O–H groups in total. The fourth-order valence-electron chi connectivity index (χ4n) is 3.67. The largest absolute Gasteiger partial charge is 0.371 e. The van der Waals surface area contributed by atoms with Crippen molar-refractivity contribution in [3.05, 3.63) is 53.3 Å². The van der Waals surface area contributed by atoms with Gasteiger partial charge in [0.15, 0.2) is 0 Å². The molecule has 0 radical (unpaired) electrons. The summed E-state index contributed by atoms with van der Waals surface area (Å²) in [4.78, 5) is 11.0. The van der Waals surface area contributed by atoms with Crippen LogP contribution in [-0.4, -0.2) is 31.5 Å². The highest BCUT2D eigenvalue weighted by molar-refractivity contribution is 7.89. The summed E-state index contributed by atoms with van der Waals surface area (Å²) < 4.78 is 23.7. The summed E-state index contributed by atoms with van der Waals surface area (Å²) in [5, 5.41) is 10.1. The normalized spacial score (nSPS) is 14.9. The number of aromatic nitrogens is 2. The average molecular weight is 432 g/mol. The molecule has 0 aliphatic carbocycles. The average Bonchev–Trinajstić information content (AvgIpc) is 2.72. The molecule has 152 valence electrons. The fraction of sp³-hybridized carbons (Fsp3) is 0.300. The van der Waals surface area contributed by atoms with E-state index in [0.29, 0.717) is 17.4 Å². The van der Waals surface area contributed by atoms with E-state index < -0.39 is 10.0 Å². The van der Waals surface area contributed by atoms with Crippen molar-refractivity contribution in [1.29, 1.82) is 0 Å². The Kier molecular flexibility index (Phi) is 5.58. The molecule has 29 heavy (non-hydrogen) atoms. The standard InChI is InChI=1S/C20H22ClN5O2S/c21-15-4-6-18-17(11-15)20(25-13-24-18)23-12-14-10-16(29(22,27)28)5-7-19(14)26-8-2-1-3-9-26/h4-7,10-11,13H,1-3,8-9,12H2,(H2,22,27,28)(H,23,24,25). The summed E-state index contributed by atoms with van der Waals surface area (Å²) in [6, 6.07) is 10.5. The monoisotopic (exact) mass is 431 g/mol. The third kappa shape index (κ3) is 4.44. The van der Waals surface area contributed by atoms with Crippen LogP contribution in [0.2, 0.25) is 5.02 Å². The maximum absolute atomic E-state index is 11.9. The number of anilines is 2. The number of hydrogen-bond acceptors (Lipinski definition) is 6. The Morgan fingerprint density at radius 1 is 1.07 bits per heavy atom. The lowest BCUT2D eigenvalue weighted by Gasteiger charge is -2.31. The smallest absolute Gasteiger partial charge is 0.238 e. The summed E-state index contributed by atoms with van der Waals surface area (Å²) in [6.45, 7) is 2.30. The van der Waals surface area contributed by atoms with E-state index in [9.17, 15) is 8.42 Å². The first-order chi connectivity index (χ1) is 13.9. The molecule has 1 aliphatic rings. The van der Waals surface area contributed by atoms with Crippen molar-refractivity contribution in [3.8, 4) is 0 Å². The summed E-state index contributed by atoms with van der Waals surface area (Å²) in [5.41, 5.74) is 2.65. The van der Waals surface area contributed by atoms with Gasteiger partial charge in [-0.05, 0) is 61.2 Å². The van der Waals surface area contributed by atoms with Gasteiger partial charge in [0.05, 0.1) is 10.4 Å². The quantitative estimate of drug-likeness (QED) is 0.640. The number of halogens is 1. The summed E-state index contributed by atoms with van der Waals surface area (Å²) >= 11 is 6.13. The Bertz CT molecular complexity index is 1150. The Morgan fingerprint density at radius 3 is 2.62 bits per heavy atom. The van der Waals surface area contributed by atoms with Crippen molar-refractivity contribution in [2.24, 2.45) is 5.14 Å². The van der Waals surface area contributed by atoms with Crippen LogP contribution in [0.4, 0.5) is 11.5 Å². The van der Waals surface area contributed by atoms with Gasteiger partial charge in [-0.25, -0.2) is 23.5 Å². The van der Waals surface area contributed by atoms with Gasteiger partial charge in [-0.1, -0.05) is 11.6 Å². The van der Waals surface area contributed by atoms with Gasteiger partial charge in [0.2, 0.25) is 10.0 Å². The maximum Gasteiger partial charge on any atom is 0.238 e. The molecule has 9 heteroatoms. The SMILES string of the molecule is NS(=O)(=O)c1ccc(N2CCCCC2)c(CNc2ncnc3ccc(Cl)cc23)c1. The minimum Gasteiger partial charge on any atom is -0.371 e. The zero-order valence-electron chi connectivity index (χ0n) is 15.8. The Labute approximate surface area is 175 Å². The lowest BCUT2D eigenvalue weighted by Crippen LogP contribution is -2.30. The van der Waals surface area contributed by atoms with Gasteiger partial charge >= 0.3 is 0 Å². The highest BCUT2D eigenvalue weighted by Crippen LogP contribution is 2.29. The van der Waals surface area contributed by atoms with Crippen LogP contribution in [0.15, 0.2) is 47.6 Å². The van der Waals surface area contributed by atoms with Crippen molar-refractivity contribution in [3.63, 3.8) is 0 Å². The van der Waals surface area contributed by atoms with Gasteiger partial charge in [-0.2, -0.15) is 0 Å². The topological polar surface area (TPSA) is 101 Å². The number of rotatable bonds is 5. The van der Waals surface area contributed by atoms with E-state index >= 15 is 0 Å². The number of nitrogens with two attached hydrogens (primary N) is 1. The van der Waals surface area contributed by atoms with Crippen LogP contribution in [0.1, 0.15) is 24.8 Å². The van der Waals surface area contributed by atoms with Gasteiger partial charge in [0.25, 0.3) is 0 Å². The van der Waals surface area contributed by atoms with Crippen molar-refractivity contribution < 1.29 is 8.42 Å². The molecule has 1 saturated heterocycles. The molecule has 0 amide bonds. The van der Waals surface area contributed by atoms with E-state index in [1.165, 1.54) is 12.7 Å². The number of fused-ring (bicyclic) bond motifs is 1. The van der Waals surface area contributed by atoms with Crippen LogP contribution in [0.25, 0.3) is 10.9 Å². The Morgan fingerprint density at radius 2 is 1.86 bits per heavy atom. The van der Waals surface area contributed by atoms with E-state index in [0.717, 1.165) is 48.1 Å². The summed E-state index contributed by atoms with van der Waals surface area (Å²) in [7, 11) is -3.79. The van der Waals surface area contributed by atoms with Crippen molar-refractivity contribution in [1.82, 2.24) is 9.97 Å². The van der Waals surface area contributed by atoms with Crippen LogP contribution in [-0.2, 0) is 16.6 Å². The minimum atomic E-state index is -3.79. The molecule has 2 heterocycles. The van der Waals surface area contributed by atoms with Crippen molar-refractivity contribution >= 4 is 44.0 Å². The molecule has 0 saturated carbocycles. The van der Waals surface area contributed by atoms with E-state index in [-0.39, 0.29) is 4.90 Å². The lowest BCUT2D eigenvalue weighted by molar-refractivity contribution is 0.576. The zero-order valence-corrected chi connectivity index (χ0v) is 17.4. The Hall–Kier alpha value is -2.42. The van der Waals surface area contributed by atoms with Gasteiger partial charge in [0.1, 0.15) is 12.1 Å². The molecule has 0 bridgehead atoms. The first-order valence-corrected chi connectivity index (χ1v) is 11.4. The lowest BCUT2D eigenvalue weighted by atomic mass is 10.1. The van der Waals surface area contributed by atoms with Gasteiger partial charge in [0, 0.05) is 35.7 Å². The molecule has 1 fully saturated rings. The number of piperidine rings is 1. The van der Waals surface area contributed by atoms with E-state index in [2.05, 4.69) is 20.2 Å². The second-order valence-electron chi connectivity index (χ2n) is 7.12. The molecule has 0 unspecified atom stereocenters. The number of hydrogen-bond donors (Lipinski definition) is 2. The molecule has 0 spiro atoms. The van der Waals surface area contributed by atoms with Crippen LogP contribution >= 0.6 is 11.6 Å². The van der Waals surface area contributed by atoms with E-state index in [1.807, 2.05) is 18.2 Å². The molecule has 0 atom stereocenters. The zero-order chi connectivity index (χ0) is 20.4. The second kappa shape index (κ2) is 8.14. The molecule has 1 aliphatic heterocycles. The highest BCUT2D eigenvalue weighted by atomic mass is 35.5. The fourth-order valence-corrected chi connectivity index (χ4v) is 4.41. The molecule has 3 aromatic rings. The molecule has 7 nitrogen and oxygen atoms in total. The van der Waals surface area contributed by atoms with Crippen molar-refractivity contribution in [2.45, 2.75) is 30.7 Å². The predicted molar refractivity (Wildman–Crippen MR) is 116 cm³/mol. The second-order valence-corrected chi connectivity index (χ2v) is 9.12. The van der Waals surface area contributed by atoms with Crippen LogP contribution in [0.3, 0.4) is 0 Å². The Balaban J connectivity index is 1.69. The van der Waals surface area contributed by atoms with Gasteiger partial charge in [-0.15, -0.1) is 0 Å². The maximum atomic E-state index is 11.9. The molecule has 2 aromatic carbocycles. The van der Waals surface area contributed by atoms with Gasteiger partial charge < -0.3 is 10.2 Å². The summed E-state index contributed by atoms with van der Waals surface area (Å²) in [6.07, 6.45) is 4.95. The molecule has 1 aromatic heterocycles.